The Balaban J connectivity index is 1.52. The van der Waals surface area contributed by atoms with Crippen molar-refractivity contribution in [2.75, 3.05) is 5.32 Å². The number of hydrogen-bond donors (Lipinski definition) is 2. The van der Waals surface area contributed by atoms with Gasteiger partial charge >= 0.3 is 0 Å². The molecule has 0 fully saturated rings. The molecule has 154 valence electrons. The molecule has 2 aromatic carbocycles. The summed E-state index contributed by atoms with van der Waals surface area (Å²) in [5.41, 5.74) is 2.53. The van der Waals surface area contributed by atoms with Gasteiger partial charge in [-0.3, -0.25) is 4.79 Å². The van der Waals surface area contributed by atoms with Crippen LogP contribution in [0.4, 0.5) is 5.69 Å². The Kier molecular flexibility index (Phi) is 5.08. The summed E-state index contributed by atoms with van der Waals surface area (Å²) in [4.78, 5) is 12.8. The summed E-state index contributed by atoms with van der Waals surface area (Å²) in [6.45, 7) is 5.98. The second kappa shape index (κ2) is 7.71. The van der Waals surface area contributed by atoms with Crippen LogP contribution in [0, 0.1) is 12.3 Å². The lowest BCUT2D eigenvalue weighted by molar-refractivity contribution is 0.0993. The summed E-state index contributed by atoms with van der Waals surface area (Å²) < 4.78 is 11.7. The fourth-order valence-corrected chi connectivity index (χ4v) is 3.83. The first kappa shape index (κ1) is 19.8. The first-order chi connectivity index (χ1) is 14.4. The van der Waals surface area contributed by atoms with Crippen molar-refractivity contribution in [1.82, 2.24) is 0 Å². The fraction of sp³-hybridized carbons (Fsp3) is 0.250. The molecule has 0 bridgehead atoms. The summed E-state index contributed by atoms with van der Waals surface area (Å²) in [6.07, 6.45) is 1.31. The van der Waals surface area contributed by atoms with Gasteiger partial charge in [-0.15, -0.1) is 0 Å². The van der Waals surface area contributed by atoms with E-state index in [1.165, 1.54) is 0 Å². The number of anilines is 1. The van der Waals surface area contributed by atoms with Crippen LogP contribution < -0.4 is 10.1 Å². The smallest absolute Gasteiger partial charge is 0.291 e. The first-order valence-electron chi connectivity index (χ1n) is 9.84. The van der Waals surface area contributed by atoms with Crippen molar-refractivity contribution < 1.29 is 19.2 Å². The number of benzene rings is 2. The van der Waals surface area contributed by atoms with Crippen LogP contribution in [0.25, 0.3) is 0 Å². The molecular formula is C24H24N2O4. The molecule has 1 aromatic heterocycles. The lowest BCUT2D eigenvalue weighted by Crippen LogP contribution is -2.27. The minimum Gasteiger partial charge on any atom is -0.457 e. The van der Waals surface area contributed by atoms with Gasteiger partial charge in [0.1, 0.15) is 17.3 Å². The van der Waals surface area contributed by atoms with Crippen LogP contribution >= 0.6 is 0 Å². The Bertz CT molecular complexity index is 1100. The standard InChI is InChI=1S/C24H24N2O4/c1-15-21-19(26-28)13-24(2,3)14-20(21)30-22(15)23(27)25-16-9-11-18(12-10-16)29-17-7-5-4-6-8-17/h4-12,28H,13-14H2,1-3H3,(H,25,27)/b26-19-. The minimum absolute atomic E-state index is 0.0960. The van der Waals surface area contributed by atoms with Crippen LogP contribution in [0.15, 0.2) is 64.2 Å². The maximum absolute atomic E-state index is 12.8. The monoisotopic (exact) mass is 404 g/mol. The van der Waals surface area contributed by atoms with Crippen molar-refractivity contribution in [1.29, 1.82) is 0 Å². The summed E-state index contributed by atoms with van der Waals surface area (Å²) >= 11 is 0. The average Bonchev–Trinajstić information content (AvgIpc) is 3.05. The number of oxime groups is 1. The molecular weight excluding hydrogens is 380 g/mol. The fourth-order valence-electron chi connectivity index (χ4n) is 3.83. The number of carbonyl (C=O) groups excluding carboxylic acids is 1. The Morgan fingerprint density at radius 1 is 1.07 bits per heavy atom. The SMILES string of the molecule is Cc1c(C(=O)Nc2ccc(Oc3ccccc3)cc2)oc2c1/C(=N\O)CC(C)(C)C2. The van der Waals surface area contributed by atoms with E-state index in [-0.39, 0.29) is 17.1 Å². The van der Waals surface area contributed by atoms with Gasteiger partial charge in [0, 0.05) is 23.2 Å². The van der Waals surface area contributed by atoms with Crippen molar-refractivity contribution in [3.8, 4) is 11.5 Å². The van der Waals surface area contributed by atoms with Crippen LogP contribution in [0.3, 0.4) is 0 Å². The van der Waals surface area contributed by atoms with Gasteiger partial charge in [0.2, 0.25) is 0 Å². The van der Waals surface area contributed by atoms with Crippen LogP contribution in [-0.2, 0) is 6.42 Å². The largest absolute Gasteiger partial charge is 0.457 e. The quantitative estimate of drug-likeness (QED) is 0.426. The molecule has 0 spiro atoms. The number of amides is 1. The third kappa shape index (κ3) is 3.94. The maximum atomic E-state index is 12.8. The Labute approximate surface area is 175 Å². The molecule has 2 N–H and O–H groups in total. The second-order valence-electron chi connectivity index (χ2n) is 8.31. The third-order valence-electron chi connectivity index (χ3n) is 5.21. The van der Waals surface area contributed by atoms with Crippen LogP contribution in [0.1, 0.15) is 47.7 Å². The zero-order valence-corrected chi connectivity index (χ0v) is 17.2. The molecule has 0 saturated heterocycles. The van der Waals surface area contributed by atoms with Gasteiger partial charge in [-0.25, -0.2) is 0 Å². The van der Waals surface area contributed by atoms with Crippen molar-refractivity contribution in [3.63, 3.8) is 0 Å². The summed E-state index contributed by atoms with van der Waals surface area (Å²) in [6, 6.07) is 16.6. The molecule has 30 heavy (non-hydrogen) atoms. The van der Waals surface area contributed by atoms with E-state index in [2.05, 4.69) is 24.3 Å². The van der Waals surface area contributed by atoms with Gasteiger partial charge in [-0.05, 0) is 55.2 Å². The Hall–Kier alpha value is -3.54. The lowest BCUT2D eigenvalue weighted by Gasteiger charge is -2.28. The molecule has 0 aliphatic heterocycles. The number of ether oxygens (including phenoxy) is 1. The van der Waals surface area contributed by atoms with Crippen molar-refractivity contribution in [2.24, 2.45) is 10.6 Å². The third-order valence-corrected chi connectivity index (χ3v) is 5.21. The zero-order valence-electron chi connectivity index (χ0n) is 17.2. The van der Waals surface area contributed by atoms with Crippen LogP contribution in [0.5, 0.6) is 11.5 Å². The van der Waals surface area contributed by atoms with Gasteiger partial charge in [0.05, 0.1) is 5.71 Å². The molecule has 1 amide bonds. The highest BCUT2D eigenvalue weighted by molar-refractivity contribution is 6.09. The summed E-state index contributed by atoms with van der Waals surface area (Å²) in [5, 5.41) is 15.8. The minimum atomic E-state index is -0.339. The number of fused-ring (bicyclic) bond motifs is 1. The van der Waals surface area contributed by atoms with Gasteiger partial charge in [0.25, 0.3) is 5.91 Å². The van der Waals surface area contributed by atoms with Crippen LogP contribution in [-0.4, -0.2) is 16.8 Å². The topological polar surface area (TPSA) is 84.1 Å². The van der Waals surface area contributed by atoms with E-state index in [9.17, 15) is 10.0 Å². The van der Waals surface area contributed by atoms with Crippen molar-refractivity contribution >= 4 is 17.3 Å². The number of para-hydroxylation sites is 1. The maximum Gasteiger partial charge on any atom is 0.291 e. The predicted octanol–water partition coefficient (Wildman–Crippen LogP) is 5.78. The van der Waals surface area contributed by atoms with Gasteiger partial charge in [-0.2, -0.15) is 0 Å². The Morgan fingerprint density at radius 2 is 1.73 bits per heavy atom. The molecule has 0 unspecified atom stereocenters. The van der Waals surface area contributed by atoms with E-state index in [1.807, 2.05) is 37.3 Å². The molecule has 1 aliphatic carbocycles. The molecule has 0 radical (unpaired) electrons. The van der Waals surface area contributed by atoms with E-state index in [0.29, 0.717) is 41.3 Å². The molecule has 1 heterocycles. The molecule has 3 aromatic rings. The number of hydrogen-bond acceptors (Lipinski definition) is 5. The highest BCUT2D eigenvalue weighted by Gasteiger charge is 2.36. The van der Waals surface area contributed by atoms with E-state index >= 15 is 0 Å². The highest BCUT2D eigenvalue weighted by atomic mass is 16.5. The first-order valence-corrected chi connectivity index (χ1v) is 9.84. The van der Waals surface area contributed by atoms with E-state index in [0.717, 1.165) is 11.3 Å². The lowest BCUT2D eigenvalue weighted by atomic mass is 9.75. The number of nitrogens with zero attached hydrogens (tertiary/aromatic N) is 1. The average molecular weight is 404 g/mol. The number of rotatable bonds is 4. The number of nitrogens with one attached hydrogen (secondary N) is 1. The predicted molar refractivity (Wildman–Crippen MR) is 115 cm³/mol. The molecule has 0 atom stereocenters. The summed E-state index contributed by atoms with van der Waals surface area (Å²) in [5.74, 6) is 2.01. The van der Waals surface area contributed by atoms with Crippen LogP contribution in [0.2, 0.25) is 0 Å². The molecule has 6 heteroatoms. The van der Waals surface area contributed by atoms with E-state index < -0.39 is 0 Å². The highest BCUT2D eigenvalue weighted by Crippen LogP contribution is 2.39. The van der Waals surface area contributed by atoms with Gasteiger partial charge < -0.3 is 19.7 Å². The molecule has 0 saturated carbocycles. The zero-order chi connectivity index (χ0) is 21.3. The summed E-state index contributed by atoms with van der Waals surface area (Å²) in [7, 11) is 0. The van der Waals surface area contributed by atoms with Gasteiger partial charge in [0.15, 0.2) is 5.76 Å². The van der Waals surface area contributed by atoms with E-state index in [4.69, 9.17) is 9.15 Å². The van der Waals surface area contributed by atoms with Crippen molar-refractivity contribution in [2.45, 2.75) is 33.6 Å². The number of carbonyl (C=O) groups is 1. The molecule has 4 rings (SSSR count). The molecule has 1 aliphatic rings. The van der Waals surface area contributed by atoms with Gasteiger partial charge in [-0.1, -0.05) is 37.2 Å². The van der Waals surface area contributed by atoms with E-state index in [1.54, 1.807) is 24.3 Å². The molecule has 6 nitrogen and oxygen atoms in total. The Morgan fingerprint density at radius 3 is 2.40 bits per heavy atom. The second-order valence-corrected chi connectivity index (χ2v) is 8.31. The normalized spacial score (nSPS) is 16.2. The number of furan rings is 1. The van der Waals surface area contributed by atoms with Crippen molar-refractivity contribution in [3.05, 3.63) is 77.2 Å².